The fourth-order valence-electron chi connectivity index (χ4n) is 2.40. The maximum absolute atomic E-state index is 11.8. The van der Waals surface area contributed by atoms with Crippen molar-refractivity contribution in [2.75, 3.05) is 38.7 Å². The van der Waals surface area contributed by atoms with Gasteiger partial charge in [0.15, 0.2) is 0 Å². The molecule has 8 heteroatoms. The Labute approximate surface area is 140 Å². The minimum absolute atomic E-state index is 0.119. The van der Waals surface area contributed by atoms with Crippen LogP contribution in [0.1, 0.15) is 12.8 Å². The molecule has 0 bridgehead atoms. The Morgan fingerprint density at radius 1 is 1.39 bits per heavy atom. The van der Waals surface area contributed by atoms with E-state index in [1.54, 1.807) is 12.3 Å². The minimum atomic E-state index is -0.564. The van der Waals surface area contributed by atoms with E-state index in [0.29, 0.717) is 5.02 Å². The van der Waals surface area contributed by atoms with Crippen molar-refractivity contribution in [3.8, 4) is 0 Å². The molecule has 0 aromatic carbocycles. The van der Waals surface area contributed by atoms with E-state index in [-0.39, 0.29) is 12.6 Å². The summed E-state index contributed by atoms with van der Waals surface area (Å²) in [6, 6.07) is 3.68. The number of esters is 1. The highest BCUT2D eigenvalue weighted by Crippen LogP contribution is 2.20. The number of anilines is 1. The molecule has 0 radical (unpaired) electrons. The van der Waals surface area contributed by atoms with E-state index in [1.165, 1.54) is 19.1 Å². The van der Waals surface area contributed by atoms with Gasteiger partial charge in [-0.15, -0.1) is 0 Å². The first-order chi connectivity index (χ1) is 11.0. The van der Waals surface area contributed by atoms with Crippen LogP contribution in [0, 0.1) is 0 Å². The van der Waals surface area contributed by atoms with E-state index in [9.17, 15) is 9.59 Å². The summed E-state index contributed by atoms with van der Waals surface area (Å²) in [5.41, 5.74) is 0. The highest BCUT2D eigenvalue weighted by Gasteiger charge is 2.24. The van der Waals surface area contributed by atoms with Crippen molar-refractivity contribution in [3.63, 3.8) is 0 Å². The van der Waals surface area contributed by atoms with Crippen molar-refractivity contribution >= 4 is 29.5 Å². The molecule has 0 saturated carbocycles. The van der Waals surface area contributed by atoms with Gasteiger partial charge in [0.25, 0.3) is 0 Å². The molecule has 1 amide bonds. The molecule has 2 rings (SSSR count). The number of carbonyl (C=O) groups excluding carboxylic acids is 2. The first-order valence-corrected chi connectivity index (χ1v) is 7.72. The standard InChI is InChI=1S/C15H20ClN3O4/c1-18(15(21)22-2)10-14(20)23-12-5-7-19(8-6-12)13-4-3-11(16)9-17-13/h3-4,9,12H,5-8,10H2,1-2H3. The number of amides is 1. The number of hydrogen-bond donors (Lipinski definition) is 0. The second-order valence-electron chi connectivity index (χ2n) is 5.34. The van der Waals surface area contributed by atoms with Gasteiger partial charge in [0, 0.05) is 39.2 Å². The number of methoxy groups -OCH3 is 1. The predicted octanol–water partition coefficient (Wildman–Crippen LogP) is 1.95. The Balaban J connectivity index is 1.77. The van der Waals surface area contributed by atoms with Crippen LogP contribution in [-0.4, -0.2) is 61.8 Å². The summed E-state index contributed by atoms with van der Waals surface area (Å²) in [5.74, 6) is 0.436. The third kappa shape index (κ3) is 4.99. The van der Waals surface area contributed by atoms with Crippen molar-refractivity contribution in [3.05, 3.63) is 23.4 Å². The lowest BCUT2D eigenvalue weighted by molar-refractivity contribution is -0.150. The fourth-order valence-corrected chi connectivity index (χ4v) is 2.51. The number of hydrogen-bond acceptors (Lipinski definition) is 6. The van der Waals surface area contributed by atoms with Crippen LogP contribution in [0.3, 0.4) is 0 Å². The maximum Gasteiger partial charge on any atom is 0.409 e. The summed E-state index contributed by atoms with van der Waals surface area (Å²) >= 11 is 5.83. The Bertz CT molecular complexity index is 544. The summed E-state index contributed by atoms with van der Waals surface area (Å²) in [6.07, 6.45) is 2.35. The molecule has 1 aliphatic rings. The summed E-state index contributed by atoms with van der Waals surface area (Å²) in [7, 11) is 2.76. The lowest BCUT2D eigenvalue weighted by Gasteiger charge is -2.32. The van der Waals surface area contributed by atoms with Crippen molar-refractivity contribution in [1.29, 1.82) is 0 Å². The first kappa shape index (κ1) is 17.3. The quantitative estimate of drug-likeness (QED) is 0.779. The Kier molecular flexibility index (Phi) is 6.04. The van der Waals surface area contributed by atoms with Gasteiger partial charge in [0.2, 0.25) is 0 Å². The third-order valence-corrected chi connectivity index (χ3v) is 3.85. The zero-order valence-electron chi connectivity index (χ0n) is 13.2. The van der Waals surface area contributed by atoms with Gasteiger partial charge in [-0.1, -0.05) is 11.6 Å². The summed E-state index contributed by atoms with van der Waals surface area (Å²) in [4.78, 5) is 30.6. The number of aromatic nitrogens is 1. The van der Waals surface area contributed by atoms with Gasteiger partial charge < -0.3 is 19.3 Å². The van der Waals surface area contributed by atoms with E-state index in [0.717, 1.165) is 31.7 Å². The van der Waals surface area contributed by atoms with E-state index in [2.05, 4.69) is 14.6 Å². The van der Waals surface area contributed by atoms with Crippen LogP contribution in [-0.2, 0) is 14.3 Å². The SMILES string of the molecule is COC(=O)N(C)CC(=O)OC1CCN(c2ccc(Cl)cn2)CC1. The predicted molar refractivity (Wildman–Crippen MR) is 85.6 cm³/mol. The van der Waals surface area contributed by atoms with Crippen molar-refractivity contribution < 1.29 is 19.1 Å². The van der Waals surface area contributed by atoms with Gasteiger partial charge in [-0.2, -0.15) is 0 Å². The van der Waals surface area contributed by atoms with E-state index >= 15 is 0 Å². The summed E-state index contributed by atoms with van der Waals surface area (Å²) in [5, 5.41) is 0.604. The molecule has 1 fully saturated rings. The second-order valence-corrected chi connectivity index (χ2v) is 5.77. The summed E-state index contributed by atoms with van der Waals surface area (Å²) < 4.78 is 9.93. The van der Waals surface area contributed by atoms with Gasteiger partial charge in [-0.3, -0.25) is 4.79 Å². The fraction of sp³-hybridized carbons (Fsp3) is 0.533. The zero-order valence-corrected chi connectivity index (χ0v) is 14.0. The third-order valence-electron chi connectivity index (χ3n) is 3.63. The number of halogens is 1. The number of nitrogens with zero attached hydrogens (tertiary/aromatic N) is 3. The molecular weight excluding hydrogens is 322 g/mol. The van der Waals surface area contributed by atoms with Gasteiger partial charge in [0.05, 0.1) is 12.1 Å². The largest absolute Gasteiger partial charge is 0.461 e. The molecule has 1 aliphatic heterocycles. The van der Waals surface area contributed by atoms with Crippen LogP contribution in [0.25, 0.3) is 0 Å². The normalized spacial score (nSPS) is 15.2. The van der Waals surface area contributed by atoms with Crippen LogP contribution in [0.5, 0.6) is 0 Å². The first-order valence-electron chi connectivity index (χ1n) is 7.34. The monoisotopic (exact) mass is 341 g/mol. The van der Waals surface area contributed by atoms with Crippen molar-refractivity contribution in [2.45, 2.75) is 18.9 Å². The van der Waals surface area contributed by atoms with Crippen LogP contribution >= 0.6 is 11.6 Å². The molecule has 126 valence electrons. The molecule has 2 heterocycles. The number of piperidine rings is 1. The second kappa shape index (κ2) is 8.01. The molecule has 1 aromatic heterocycles. The molecule has 1 saturated heterocycles. The Morgan fingerprint density at radius 2 is 2.09 bits per heavy atom. The maximum atomic E-state index is 11.8. The van der Waals surface area contributed by atoms with Crippen LogP contribution in [0.4, 0.5) is 10.6 Å². The Hall–Kier alpha value is -2.02. The molecule has 0 spiro atoms. The van der Waals surface area contributed by atoms with E-state index in [4.69, 9.17) is 16.3 Å². The molecular formula is C15H20ClN3O4. The zero-order chi connectivity index (χ0) is 16.8. The van der Waals surface area contributed by atoms with E-state index < -0.39 is 12.1 Å². The average molecular weight is 342 g/mol. The smallest absolute Gasteiger partial charge is 0.409 e. The highest BCUT2D eigenvalue weighted by atomic mass is 35.5. The molecule has 0 atom stereocenters. The number of carbonyl (C=O) groups is 2. The average Bonchev–Trinajstić information content (AvgIpc) is 2.55. The van der Waals surface area contributed by atoms with Crippen LogP contribution in [0.2, 0.25) is 5.02 Å². The lowest BCUT2D eigenvalue weighted by atomic mass is 10.1. The van der Waals surface area contributed by atoms with Crippen molar-refractivity contribution in [2.24, 2.45) is 0 Å². The Morgan fingerprint density at radius 3 is 2.65 bits per heavy atom. The van der Waals surface area contributed by atoms with Crippen LogP contribution in [0.15, 0.2) is 18.3 Å². The number of rotatable bonds is 4. The lowest BCUT2D eigenvalue weighted by Crippen LogP contribution is -2.40. The molecule has 1 aromatic rings. The topological polar surface area (TPSA) is 72.0 Å². The molecule has 0 N–H and O–H groups in total. The van der Waals surface area contributed by atoms with Gasteiger partial charge in [-0.25, -0.2) is 9.78 Å². The molecule has 23 heavy (non-hydrogen) atoms. The van der Waals surface area contributed by atoms with Gasteiger partial charge >= 0.3 is 12.1 Å². The number of pyridine rings is 1. The number of likely N-dealkylation sites (N-methyl/N-ethyl adjacent to an activating group) is 1. The minimum Gasteiger partial charge on any atom is -0.461 e. The van der Waals surface area contributed by atoms with Gasteiger partial charge in [0.1, 0.15) is 18.5 Å². The summed E-state index contributed by atoms with van der Waals surface area (Å²) in [6.45, 7) is 1.38. The highest BCUT2D eigenvalue weighted by molar-refractivity contribution is 6.30. The molecule has 0 unspecified atom stereocenters. The van der Waals surface area contributed by atoms with Crippen LogP contribution < -0.4 is 4.90 Å². The molecule has 7 nitrogen and oxygen atoms in total. The number of ether oxygens (including phenoxy) is 2. The molecule has 0 aliphatic carbocycles. The van der Waals surface area contributed by atoms with E-state index in [1.807, 2.05) is 6.07 Å². The van der Waals surface area contributed by atoms with Crippen molar-refractivity contribution in [1.82, 2.24) is 9.88 Å². The van der Waals surface area contributed by atoms with Gasteiger partial charge in [-0.05, 0) is 12.1 Å².